The van der Waals surface area contributed by atoms with Gasteiger partial charge < -0.3 is 10.2 Å². The van der Waals surface area contributed by atoms with E-state index in [1.54, 1.807) is 7.05 Å². The molecule has 0 spiro atoms. The van der Waals surface area contributed by atoms with Crippen molar-refractivity contribution >= 4 is 17.6 Å². The fourth-order valence-corrected chi connectivity index (χ4v) is 2.42. The van der Waals surface area contributed by atoms with Gasteiger partial charge >= 0.3 is 0 Å². The summed E-state index contributed by atoms with van der Waals surface area (Å²) in [5.74, 6) is 0.786. The molecule has 0 saturated heterocycles. The Morgan fingerprint density at radius 2 is 1.91 bits per heavy atom. The number of nitrogens with zero attached hydrogens (tertiary/aromatic N) is 3. The highest BCUT2D eigenvalue weighted by atomic mass is 35.5. The van der Waals surface area contributed by atoms with Crippen LogP contribution in [0.25, 0.3) is 0 Å². The zero-order valence-electron chi connectivity index (χ0n) is 13.3. The summed E-state index contributed by atoms with van der Waals surface area (Å²) in [6, 6.07) is 17.4. The van der Waals surface area contributed by atoms with Crippen LogP contribution in [-0.4, -0.2) is 25.0 Å². The lowest BCUT2D eigenvalue weighted by Gasteiger charge is -2.22. The Bertz CT molecular complexity index is 717. The molecule has 2 aromatic rings. The van der Waals surface area contributed by atoms with E-state index < -0.39 is 0 Å². The number of halogens is 1. The highest BCUT2D eigenvalue weighted by Crippen LogP contribution is 2.16. The van der Waals surface area contributed by atoms with Crippen LogP contribution < -0.4 is 5.32 Å². The zero-order valence-corrected chi connectivity index (χ0v) is 14.0. The molecule has 0 aromatic heterocycles. The Morgan fingerprint density at radius 1 is 1.22 bits per heavy atom. The predicted molar refractivity (Wildman–Crippen MR) is 94.3 cm³/mol. The summed E-state index contributed by atoms with van der Waals surface area (Å²) >= 11 is 6.20. The standard InChI is InChI=1S/C18H19ClN4/c1-21-18(22-12-15-9-7-14(11-20)8-10-15)23(2)13-16-5-3-4-6-17(16)19/h3-10H,12-13H2,1-2H3,(H,21,22). The molecule has 0 atom stereocenters. The summed E-state index contributed by atoms with van der Waals surface area (Å²) in [7, 11) is 3.72. The van der Waals surface area contributed by atoms with Crippen LogP contribution >= 0.6 is 11.6 Å². The minimum absolute atomic E-state index is 0.644. The normalized spacial score (nSPS) is 11.0. The number of hydrogen-bond donors (Lipinski definition) is 1. The molecule has 0 aliphatic rings. The third-order valence-corrected chi connectivity index (χ3v) is 3.84. The van der Waals surface area contributed by atoms with Gasteiger partial charge in [0.15, 0.2) is 5.96 Å². The number of aliphatic imine (C=N–C) groups is 1. The molecule has 4 nitrogen and oxygen atoms in total. The number of benzene rings is 2. The van der Waals surface area contributed by atoms with Crippen molar-refractivity contribution < 1.29 is 0 Å². The molecule has 0 heterocycles. The molecule has 0 aliphatic heterocycles. The fourth-order valence-electron chi connectivity index (χ4n) is 2.22. The Balaban J connectivity index is 1.96. The molecule has 0 bridgehead atoms. The largest absolute Gasteiger partial charge is 0.352 e. The van der Waals surface area contributed by atoms with Gasteiger partial charge in [-0.15, -0.1) is 0 Å². The van der Waals surface area contributed by atoms with E-state index >= 15 is 0 Å². The summed E-state index contributed by atoms with van der Waals surface area (Å²) in [5, 5.41) is 12.9. The van der Waals surface area contributed by atoms with Gasteiger partial charge in [-0.05, 0) is 29.3 Å². The van der Waals surface area contributed by atoms with Crippen molar-refractivity contribution in [1.82, 2.24) is 10.2 Å². The van der Waals surface area contributed by atoms with E-state index in [1.807, 2.05) is 60.5 Å². The zero-order chi connectivity index (χ0) is 16.7. The summed E-state index contributed by atoms with van der Waals surface area (Å²) < 4.78 is 0. The van der Waals surface area contributed by atoms with Crippen LogP contribution in [0.15, 0.2) is 53.5 Å². The van der Waals surface area contributed by atoms with Gasteiger partial charge in [-0.2, -0.15) is 5.26 Å². The molecule has 0 fully saturated rings. The maximum Gasteiger partial charge on any atom is 0.193 e. The summed E-state index contributed by atoms with van der Waals surface area (Å²) in [6.45, 7) is 1.32. The Morgan fingerprint density at radius 3 is 2.52 bits per heavy atom. The lowest BCUT2D eigenvalue weighted by molar-refractivity contribution is 0.476. The van der Waals surface area contributed by atoms with E-state index in [2.05, 4.69) is 16.4 Å². The van der Waals surface area contributed by atoms with Gasteiger partial charge in [0, 0.05) is 32.2 Å². The second-order valence-electron chi connectivity index (χ2n) is 5.16. The molecule has 118 valence electrons. The first kappa shape index (κ1) is 16.9. The quantitative estimate of drug-likeness (QED) is 0.692. The second-order valence-corrected chi connectivity index (χ2v) is 5.56. The van der Waals surface area contributed by atoms with Crippen molar-refractivity contribution in [2.24, 2.45) is 4.99 Å². The molecule has 5 heteroatoms. The molecular formula is C18H19ClN4. The number of rotatable bonds is 4. The van der Waals surface area contributed by atoms with Crippen molar-refractivity contribution in [3.8, 4) is 6.07 Å². The number of nitriles is 1. The molecule has 0 aliphatic carbocycles. The topological polar surface area (TPSA) is 51.4 Å². The summed E-state index contributed by atoms with van der Waals surface area (Å²) in [6.07, 6.45) is 0. The van der Waals surface area contributed by atoms with E-state index in [0.717, 1.165) is 22.1 Å². The van der Waals surface area contributed by atoms with Crippen molar-refractivity contribution in [3.05, 3.63) is 70.2 Å². The Labute approximate surface area is 142 Å². The molecule has 0 unspecified atom stereocenters. The first-order valence-corrected chi connectivity index (χ1v) is 7.66. The maximum atomic E-state index is 8.82. The van der Waals surface area contributed by atoms with Crippen molar-refractivity contribution in [1.29, 1.82) is 5.26 Å². The number of hydrogen-bond acceptors (Lipinski definition) is 2. The average molecular weight is 327 g/mol. The molecular weight excluding hydrogens is 308 g/mol. The van der Waals surface area contributed by atoms with Crippen molar-refractivity contribution in [2.45, 2.75) is 13.1 Å². The van der Waals surface area contributed by atoms with Gasteiger partial charge in [0.25, 0.3) is 0 Å². The summed E-state index contributed by atoms with van der Waals surface area (Å²) in [5.41, 5.74) is 2.81. The lowest BCUT2D eigenvalue weighted by Crippen LogP contribution is -2.38. The van der Waals surface area contributed by atoms with Gasteiger partial charge in [0.2, 0.25) is 0 Å². The Hall–Kier alpha value is -2.51. The van der Waals surface area contributed by atoms with Crippen molar-refractivity contribution in [2.75, 3.05) is 14.1 Å². The molecule has 0 saturated carbocycles. The van der Waals surface area contributed by atoms with Gasteiger partial charge in [-0.3, -0.25) is 4.99 Å². The van der Waals surface area contributed by atoms with E-state index in [1.165, 1.54) is 0 Å². The van der Waals surface area contributed by atoms with E-state index in [9.17, 15) is 0 Å². The smallest absolute Gasteiger partial charge is 0.193 e. The highest BCUT2D eigenvalue weighted by Gasteiger charge is 2.08. The average Bonchev–Trinajstić information content (AvgIpc) is 2.58. The van der Waals surface area contributed by atoms with Crippen LogP contribution in [0.5, 0.6) is 0 Å². The predicted octanol–water partition coefficient (Wildman–Crippen LogP) is 3.42. The first-order valence-electron chi connectivity index (χ1n) is 7.28. The van der Waals surface area contributed by atoms with Crippen LogP contribution in [-0.2, 0) is 13.1 Å². The Kier molecular flexibility index (Phi) is 6.02. The van der Waals surface area contributed by atoms with E-state index in [0.29, 0.717) is 18.7 Å². The van der Waals surface area contributed by atoms with Gasteiger partial charge in [-0.1, -0.05) is 41.9 Å². The van der Waals surface area contributed by atoms with Gasteiger partial charge in [-0.25, -0.2) is 0 Å². The molecule has 2 rings (SSSR count). The van der Waals surface area contributed by atoms with Gasteiger partial charge in [0.1, 0.15) is 0 Å². The highest BCUT2D eigenvalue weighted by molar-refractivity contribution is 6.31. The first-order chi connectivity index (χ1) is 11.1. The van der Waals surface area contributed by atoms with Crippen LogP contribution in [0.2, 0.25) is 5.02 Å². The SMILES string of the molecule is CN=C(NCc1ccc(C#N)cc1)N(C)Cc1ccccc1Cl. The molecule has 1 N–H and O–H groups in total. The van der Waals surface area contributed by atoms with Crippen LogP contribution in [0, 0.1) is 11.3 Å². The third kappa shape index (κ3) is 4.73. The monoisotopic (exact) mass is 326 g/mol. The molecule has 2 aromatic carbocycles. The number of nitrogens with one attached hydrogen (secondary N) is 1. The fraction of sp³-hybridized carbons (Fsp3) is 0.222. The van der Waals surface area contributed by atoms with Gasteiger partial charge in [0.05, 0.1) is 11.6 Å². The second kappa shape index (κ2) is 8.21. The van der Waals surface area contributed by atoms with E-state index in [4.69, 9.17) is 16.9 Å². The van der Waals surface area contributed by atoms with Crippen LogP contribution in [0.3, 0.4) is 0 Å². The lowest BCUT2D eigenvalue weighted by atomic mass is 10.1. The third-order valence-electron chi connectivity index (χ3n) is 3.47. The molecule has 0 radical (unpaired) electrons. The molecule has 23 heavy (non-hydrogen) atoms. The maximum absolute atomic E-state index is 8.82. The minimum atomic E-state index is 0.644. The summed E-state index contributed by atoms with van der Waals surface area (Å²) in [4.78, 5) is 6.32. The van der Waals surface area contributed by atoms with Crippen molar-refractivity contribution in [3.63, 3.8) is 0 Å². The van der Waals surface area contributed by atoms with Crippen LogP contribution in [0.4, 0.5) is 0 Å². The van der Waals surface area contributed by atoms with E-state index in [-0.39, 0.29) is 0 Å². The molecule has 0 amide bonds. The number of guanidine groups is 1. The minimum Gasteiger partial charge on any atom is -0.352 e. The van der Waals surface area contributed by atoms with Crippen LogP contribution in [0.1, 0.15) is 16.7 Å².